The molecule has 5 heteroatoms. The van der Waals surface area contributed by atoms with Gasteiger partial charge in [0.2, 0.25) is 5.91 Å². The predicted octanol–water partition coefficient (Wildman–Crippen LogP) is 2.48. The van der Waals surface area contributed by atoms with Crippen LogP contribution < -0.4 is 0 Å². The largest absolute Gasteiger partial charge is 0.481 e. The molecule has 1 aromatic carbocycles. The third kappa shape index (κ3) is 3.11. The molecule has 0 radical (unpaired) electrons. The van der Waals surface area contributed by atoms with Gasteiger partial charge in [0.15, 0.2) is 0 Å². The minimum Gasteiger partial charge on any atom is -0.481 e. The Morgan fingerprint density at radius 3 is 2.70 bits per heavy atom. The third-order valence-electron chi connectivity index (χ3n) is 5.07. The number of hydrogen-bond donors (Lipinski definition) is 1. The molecule has 0 unspecified atom stereocenters. The van der Waals surface area contributed by atoms with Crippen LogP contribution in [0.2, 0.25) is 0 Å². The van der Waals surface area contributed by atoms with E-state index in [1.165, 1.54) is 0 Å². The normalized spacial score (nSPS) is 31.1. The smallest absolute Gasteiger partial charge is 0.311 e. The van der Waals surface area contributed by atoms with E-state index in [4.69, 9.17) is 4.74 Å². The number of carbonyl (C=O) groups excluding carboxylic acids is 1. The molecular formula is C18H23NO4. The van der Waals surface area contributed by atoms with E-state index in [1.807, 2.05) is 30.3 Å². The highest BCUT2D eigenvalue weighted by Gasteiger charge is 2.45. The molecule has 2 fully saturated rings. The lowest BCUT2D eigenvalue weighted by Crippen LogP contribution is -2.41. The highest BCUT2D eigenvalue weighted by Crippen LogP contribution is 2.37. The minimum atomic E-state index is -0.827. The molecule has 2 heterocycles. The average molecular weight is 317 g/mol. The van der Waals surface area contributed by atoms with Crippen LogP contribution in [0.5, 0.6) is 0 Å². The van der Waals surface area contributed by atoms with Crippen molar-refractivity contribution in [3.05, 3.63) is 35.9 Å². The van der Waals surface area contributed by atoms with E-state index in [2.05, 4.69) is 0 Å². The molecule has 0 bridgehead atoms. The maximum absolute atomic E-state index is 12.9. The number of ether oxygens (including phenoxy) is 1. The first-order valence-electron chi connectivity index (χ1n) is 8.20. The van der Waals surface area contributed by atoms with Crippen molar-refractivity contribution in [2.45, 2.75) is 32.3 Å². The average Bonchev–Trinajstić information content (AvgIpc) is 2.99. The molecule has 2 aliphatic heterocycles. The predicted molar refractivity (Wildman–Crippen MR) is 84.8 cm³/mol. The number of nitrogens with zero attached hydrogens (tertiary/aromatic N) is 1. The summed E-state index contributed by atoms with van der Waals surface area (Å²) < 4.78 is 5.89. The van der Waals surface area contributed by atoms with E-state index in [0.717, 1.165) is 18.4 Å². The van der Waals surface area contributed by atoms with Crippen molar-refractivity contribution in [2.75, 3.05) is 19.7 Å². The fourth-order valence-electron chi connectivity index (χ4n) is 3.56. The minimum absolute atomic E-state index is 0.0310. The third-order valence-corrected chi connectivity index (χ3v) is 5.07. The molecule has 1 N–H and O–H groups in total. The lowest BCUT2D eigenvalue weighted by atomic mass is 9.88. The second-order valence-electron chi connectivity index (χ2n) is 6.83. The van der Waals surface area contributed by atoms with Crippen molar-refractivity contribution in [3.8, 4) is 0 Å². The quantitative estimate of drug-likeness (QED) is 0.930. The topological polar surface area (TPSA) is 66.8 Å². The summed E-state index contributed by atoms with van der Waals surface area (Å²) in [6.07, 6.45) is 1.94. The Morgan fingerprint density at radius 2 is 2.04 bits per heavy atom. The zero-order valence-corrected chi connectivity index (χ0v) is 13.4. The summed E-state index contributed by atoms with van der Waals surface area (Å²) in [6, 6.07) is 9.82. The van der Waals surface area contributed by atoms with E-state index >= 15 is 0 Å². The summed E-state index contributed by atoms with van der Waals surface area (Å²) >= 11 is 0. The first-order chi connectivity index (χ1) is 11.0. The van der Waals surface area contributed by atoms with E-state index in [-0.39, 0.29) is 17.9 Å². The molecule has 0 aliphatic carbocycles. The van der Waals surface area contributed by atoms with Gasteiger partial charge in [-0.3, -0.25) is 9.59 Å². The highest BCUT2D eigenvalue weighted by atomic mass is 16.5. The van der Waals surface area contributed by atoms with Crippen LogP contribution in [-0.2, 0) is 14.3 Å². The maximum atomic E-state index is 12.9. The monoisotopic (exact) mass is 317 g/mol. The molecular weight excluding hydrogens is 294 g/mol. The molecule has 3 atom stereocenters. The molecule has 23 heavy (non-hydrogen) atoms. The van der Waals surface area contributed by atoms with Crippen molar-refractivity contribution in [3.63, 3.8) is 0 Å². The van der Waals surface area contributed by atoms with Gasteiger partial charge in [-0.15, -0.1) is 0 Å². The number of carboxylic acid groups (broad SMARTS) is 1. The van der Waals surface area contributed by atoms with E-state index in [0.29, 0.717) is 26.1 Å². The zero-order valence-electron chi connectivity index (χ0n) is 13.4. The van der Waals surface area contributed by atoms with Gasteiger partial charge in [0.1, 0.15) is 0 Å². The van der Waals surface area contributed by atoms with Crippen LogP contribution in [0, 0.1) is 11.3 Å². The van der Waals surface area contributed by atoms with Crippen LogP contribution in [0.4, 0.5) is 0 Å². The maximum Gasteiger partial charge on any atom is 0.311 e. The Morgan fingerprint density at radius 1 is 1.30 bits per heavy atom. The van der Waals surface area contributed by atoms with Gasteiger partial charge in [-0.1, -0.05) is 30.3 Å². The van der Waals surface area contributed by atoms with Crippen LogP contribution in [0.1, 0.15) is 37.9 Å². The molecule has 0 saturated carbocycles. The number of hydrogen-bond acceptors (Lipinski definition) is 3. The number of amides is 1. The Kier molecular flexibility index (Phi) is 4.39. The summed E-state index contributed by atoms with van der Waals surface area (Å²) in [7, 11) is 0. The second-order valence-corrected chi connectivity index (χ2v) is 6.83. The molecule has 0 aromatic heterocycles. The van der Waals surface area contributed by atoms with Gasteiger partial charge < -0.3 is 14.7 Å². The number of benzene rings is 1. The SMILES string of the molecule is C[C@]1(C(=O)O)CCN(C(=O)[C@@H]2CCCO[C@@H]2c2ccccc2)C1. The lowest BCUT2D eigenvalue weighted by Gasteiger charge is -2.34. The van der Waals surface area contributed by atoms with Crippen LogP contribution in [0.3, 0.4) is 0 Å². The fourth-order valence-corrected chi connectivity index (χ4v) is 3.56. The zero-order chi connectivity index (χ0) is 16.4. The van der Waals surface area contributed by atoms with Gasteiger partial charge in [0, 0.05) is 19.7 Å². The molecule has 2 saturated heterocycles. The van der Waals surface area contributed by atoms with Crippen molar-refractivity contribution in [2.24, 2.45) is 11.3 Å². The van der Waals surface area contributed by atoms with Crippen LogP contribution in [-0.4, -0.2) is 41.6 Å². The number of likely N-dealkylation sites (tertiary alicyclic amines) is 1. The Labute approximate surface area is 136 Å². The van der Waals surface area contributed by atoms with Crippen molar-refractivity contribution >= 4 is 11.9 Å². The van der Waals surface area contributed by atoms with Crippen LogP contribution in [0.25, 0.3) is 0 Å². The van der Waals surface area contributed by atoms with Crippen LogP contribution in [0.15, 0.2) is 30.3 Å². The Bertz CT molecular complexity index is 588. The Hall–Kier alpha value is -1.88. The highest BCUT2D eigenvalue weighted by molar-refractivity contribution is 5.82. The van der Waals surface area contributed by atoms with Crippen molar-refractivity contribution in [1.29, 1.82) is 0 Å². The van der Waals surface area contributed by atoms with Crippen molar-refractivity contribution in [1.82, 2.24) is 4.90 Å². The van der Waals surface area contributed by atoms with E-state index in [1.54, 1.807) is 11.8 Å². The van der Waals surface area contributed by atoms with Crippen LogP contribution >= 0.6 is 0 Å². The summed E-state index contributed by atoms with van der Waals surface area (Å²) in [5.74, 6) is -1.02. The fraction of sp³-hybridized carbons (Fsp3) is 0.556. The second kappa shape index (κ2) is 6.32. The molecule has 0 spiro atoms. The molecule has 2 aliphatic rings. The molecule has 1 aromatic rings. The lowest BCUT2D eigenvalue weighted by molar-refractivity contribution is -0.149. The van der Waals surface area contributed by atoms with Gasteiger partial charge in [-0.25, -0.2) is 0 Å². The summed E-state index contributed by atoms with van der Waals surface area (Å²) in [5.41, 5.74) is 0.193. The molecule has 1 amide bonds. The number of rotatable bonds is 3. The molecule has 124 valence electrons. The van der Waals surface area contributed by atoms with Gasteiger partial charge in [-0.2, -0.15) is 0 Å². The van der Waals surface area contributed by atoms with E-state index in [9.17, 15) is 14.7 Å². The Balaban J connectivity index is 1.76. The van der Waals surface area contributed by atoms with Gasteiger partial charge in [0.05, 0.1) is 17.4 Å². The van der Waals surface area contributed by atoms with E-state index < -0.39 is 11.4 Å². The first-order valence-corrected chi connectivity index (χ1v) is 8.20. The van der Waals surface area contributed by atoms with Gasteiger partial charge in [0.25, 0.3) is 0 Å². The molecule has 5 nitrogen and oxygen atoms in total. The van der Waals surface area contributed by atoms with Gasteiger partial charge >= 0.3 is 5.97 Å². The number of carboxylic acids is 1. The molecule has 3 rings (SSSR count). The van der Waals surface area contributed by atoms with Gasteiger partial charge in [-0.05, 0) is 31.7 Å². The summed E-state index contributed by atoms with van der Waals surface area (Å²) in [4.78, 5) is 26.1. The number of carbonyl (C=O) groups is 2. The first kappa shape index (κ1) is 16.0. The number of aliphatic carboxylic acids is 1. The summed E-state index contributed by atoms with van der Waals surface area (Å²) in [6.45, 7) is 3.18. The van der Waals surface area contributed by atoms with Crippen molar-refractivity contribution < 1.29 is 19.4 Å². The standard InChI is InChI=1S/C18H23NO4/c1-18(17(21)22)9-10-19(12-18)16(20)14-8-5-11-23-15(14)13-6-3-2-4-7-13/h2-4,6-7,14-15H,5,8-12H2,1H3,(H,21,22)/t14-,15-,18+/m1/s1. The summed E-state index contributed by atoms with van der Waals surface area (Å²) in [5, 5.41) is 9.35.